The number of hydrazone groups is 2. The van der Waals surface area contributed by atoms with Gasteiger partial charge in [-0.1, -0.05) is 72.8 Å². The monoisotopic (exact) mass is 480 g/mol. The maximum atomic E-state index is 10.8. The largest absolute Gasteiger partial charge is 0.350 e. The van der Waals surface area contributed by atoms with Crippen LogP contribution in [0.15, 0.2) is 120 Å². The molecule has 0 saturated carbocycles. The molecule has 2 aromatic carbocycles. The van der Waals surface area contributed by atoms with E-state index >= 15 is 0 Å². The molecule has 0 saturated heterocycles. The molecule has 0 radical (unpaired) electrons. The first-order valence-electron chi connectivity index (χ1n) is 10.7. The molecule has 36 heavy (non-hydrogen) atoms. The molecule has 10 heteroatoms. The molecule has 6 N–H and O–H groups in total. The van der Waals surface area contributed by atoms with Crippen LogP contribution in [0.1, 0.15) is 22.5 Å². The van der Waals surface area contributed by atoms with Crippen molar-refractivity contribution in [3.05, 3.63) is 132 Å². The number of nitrogens with two attached hydrogens (primary N) is 2. The summed E-state index contributed by atoms with van der Waals surface area (Å²) in [5.41, 5.74) is 18.7. The van der Waals surface area contributed by atoms with Gasteiger partial charge in [-0.25, -0.2) is 20.4 Å². The summed E-state index contributed by atoms with van der Waals surface area (Å²) in [6.07, 6.45) is 3.33. The first-order chi connectivity index (χ1) is 17.5. The van der Waals surface area contributed by atoms with Gasteiger partial charge in [0.15, 0.2) is 0 Å². The van der Waals surface area contributed by atoms with Gasteiger partial charge < -0.3 is 11.5 Å². The molecule has 0 aliphatic carbocycles. The summed E-state index contributed by atoms with van der Waals surface area (Å²) < 4.78 is 0. The van der Waals surface area contributed by atoms with Gasteiger partial charge in [0.25, 0.3) is 0 Å². The number of rotatable bonds is 6. The van der Waals surface area contributed by atoms with Gasteiger partial charge >= 0.3 is 12.1 Å². The predicted molar refractivity (Wildman–Crippen MR) is 138 cm³/mol. The summed E-state index contributed by atoms with van der Waals surface area (Å²) in [4.78, 5) is 29.9. The zero-order valence-corrected chi connectivity index (χ0v) is 19.2. The summed E-state index contributed by atoms with van der Waals surface area (Å²) >= 11 is 0. The minimum atomic E-state index is -0.709. The van der Waals surface area contributed by atoms with Crippen molar-refractivity contribution in [3.63, 3.8) is 0 Å². The Bertz CT molecular complexity index is 1130. The van der Waals surface area contributed by atoms with Crippen LogP contribution in [0.4, 0.5) is 9.59 Å². The van der Waals surface area contributed by atoms with Crippen molar-refractivity contribution < 1.29 is 9.59 Å². The number of amides is 4. The third-order valence-electron chi connectivity index (χ3n) is 4.47. The van der Waals surface area contributed by atoms with E-state index in [1.807, 2.05) is 97.1 Å². The summed E-state index contributed by atoms with van der Waals surface area (Å²) in [5.74, 6) is 0. The van der Waals surface area contributed by atoms with Crippen LogP contribution >= 0.6 is 0 Å². The van der Waals surface area contributed by atoms with Crippen LogP contribution in [0, 0.1) is 0 Å². The zero-order valence-electron chi connectivity index (χ0n) is 19.2. The summed E-state index contributed by atoms with van der Waals surface area (Å²) in [7, 11) is 0. The van der Waals surface area contributed by atoms with E-state index < -0.39 is 12.1 Å². The molecule has 10 nitrogen and oxygen atoms in total. The van der Waals surface area contributed by atoms with Crippen LogP contribution in [0.5, 0.6) is 0 Å². The fraction of sp³-hybridized carbons (Fsp3) is 0. The molecule has 180 valence electrons. The smallest absolute Gasteiger partial charge is 0.332 e. The Labute approximate surface area is 207 Å². The van der Waals surface area contributed by atoms with E-state index in [0.29, 0.717) is 22.8 Å². The third-order valence-corrected chi connectivity index (χ3v) is 4.47. The molecular weight excluding hydrogens is 456 g/mol. The minimum Gasteiger partial charge on any atom is -0.350 e. The lowest BCUT2D eigenvalue weighted by atomic mass is 10.1. The summed E-state index contributed by atoms with van der Waals surface area (Å²) in [5, 5.41) is 7.99. The van der Waals surface area contributed by atoms with Crippen LogP contribution < -0.4 is 22.3 Å². The van der Waals surface area contributed by atoms with Gasteiger partial charge in [0.1, 0.15) is 11.4 Å². The molecule has 4 rings (SSSR count). The molecule has 0 aliphatic rings. The van der Waals surface area contributed by atoms with Gasteiger partial charge in [-0.2, -0.15) is 10.2 Å². The molecule has 0 spiro atoms. The zero-order chi connectivity index (χ0) is 25.6. The van der Waals surface area contributed by atoms with Crippen molar-refractivity contribution >= 4 is 23.5 Å². The number of nitrogens with zero attached hydrogens (tertiary/aromatic N) is 4. The Morgan fingerprint density at radius 3 is 1.22 bits per heavy atom. The van der Waals surface area contributed by atoms with Gasteiger partial charge in [-0.15, -0.1) is 0 Å². The highest BCUT2D eigenvalue weighted by molar-refractivity contribution is 6.12. The van der Waals surface area contributed by atoms with Crippen molar-refractivity contribution in [1.82, 2.24) is 20.8 Å². The van der Waals surface area contributed by atoms with Gasteiger partial charge in [0.05, 0.1) is 11.4 Å². The van der Waals surface area contributed by atoms with E-state index in [2.05, 4.69) is 31.0 Å². The molecule has 0 atom stereocenters. The lowest BCUT2D eigenvalue weighted by Crippen LogP contribution is -2.26. The van der Waals surface area contributed by atoms with Gasteiger partial charge in [-0.05, 0) is 24.3 Å². The van der Waals surface area contributed by atoms with E-state index in [-0.39, 0.29) is 0 Å². The SMILES string of the molecule is NC(=O)N/N=C(/c1ccccc1)c1ccccn1.NC(=O)N/N=C(/c1ccccc1)c1ccccn1. The van der Waals surface area contributed by atoms with E-state index in [4.69, 9.17) is 11.5 Å². The highest BCUT2D eigenvalue weighted by Gasteiger charge is 2.09. The van der Waals surface area contributed by atoms with Crippen LogP contribution in [-0.2, 0) is 0 Å². The van der Waals surface area contributed by atoms with Gasteiger partial charge in [-0.3, -0.25) is 9.97 Å². The van der Waals surface area contributed by atoms with Gasteiger partial charge in [0.2, 0.25) is 0 Å². The minimum absolute atomic E-state index is 0.565. The lowest BCUT2D eigenvalue weighted by molar-refractivity contribution is 0.248. The van der Waals surface area contributed by atoms with Crippen molar-refractivity contribution in [2.24, 2.45) is 21.7 Å². The number of benzene rings is 2. The fourth-order valence-electron chi connectivity index (χ4n) is 2.96. The highest BCUT2D eigenvalue weighted by atomic mass is 16.2. The Morgan fingerprint density at radius 2 is 0.917 bits per heavy atom. The molecule has 2 aromatic heterocycles. The number of hydrogen-bond donors (Lipinski definition) is 4. The average molecular weight is 481 g/mol. The fourth-order valence-corrected chi connectivity index (χ4v) is 2.96. The molecule has 2 heterocycles. The maximum Gasteiger partial charge on any atom is 0.332 e. The second-order valence-electron chi connectivity index (χ2n) is 7.03. The van der Waals surface area contributed by atoms with E-state index in [0.717, 1.165) is 11.1 Å². The van der Waals surface area contributed by atoms with E-state index in [1.54, 1.807) is 12.4 Å². The van der Waals surface area contributed by atoms with Crippen LogP contribution in [-0.4, -0.2) is 33.5 Å². The number of urea groups is 2. The average Bonchev–Trinajstić information content (AvgIpc) is 2.91. The predicted octanol–water partition coefficient (Wildman–Crippen LogP) is 3.00. The van der Waals surface area contributed by atoms with Crippen molar-refractivity contribution in [2.45, 2.75) is 0 Å². The number of nitrogens with one attached hydrogen (secondary N) is 2. The number of primary amides is 2. The Kier molecular flexibility index (Phi) is 9.37. The van der Waals surface area contributed by atoms with Crippen molar-refractivity contribution in [1.29, 1.82) is 0 Å². The number of carbonyl (C=O) groups is 2. The molecule has 0 aliphatic heterocycles. The van der Waals surface area contributed by atoms with Crippen molar-refractivity contribution in [2.75, 3.05) is 0 Å². The first kappa shape index (κ1) is 25.2. The summed E-state index contributed by atoms with van der Waals surface area (Å²) in [6.45, 7) is 0. The number of pyridine rings is 2. The Hall–Kier alpha value is -5.38. The third kappa shape index (κ3) is 7.89. The Balaban J connectivity index is 0.000000201. The number of carbonyl (C=O) groups excluding carboxylic acids is 2. The van der Waals surface area contributed by atoms with Crippen molar-refractivity contribution in [3.8, 4) is 0 Å². The van der Waals surface area contributed by atoms with E-state index in [1.165, 1.54) is 0 Å². The highest BCUT2D eigenvalue weighted by Crippen LogP contribution is 2.09. The summed E-state index contributed by atoms with van der Waals surface area (Å²) in [6, 6.07) is 28.4. The number of aromatic nitrogens is 2. The molecule has 0 bridgehead atoms. The topological polar surface area (TPSA) is 161 Å². The normalized spacial score (nSPS) is 11.0. The van der Waals surface area contributed by atoms with Crippen LogP contribution in [0.2, 0.25) is 0 Å². The second kappa shape index (κ2) is 13.4. The molecular formula is C26H24N8O2. The second-order valence-corrected chi connectivity index (χ2v) is 7.03. The number of hydrogen-bond acceptors (Lipinski definition) is 6. The van der Waals surface area contributed by atoms with Crippen LogP contribution in [0.25, 0.3) is 0 Å². The molecule has 4 aromatic rings. The first-order valence-corrected chi connectivity index (χ1v) is 10.7. The molecule has 4 amide bonds. The van der Waals surface area contributed by atoms with Gasteiger partial charge in [0, 0.05) is 23.5 Å². The quantitative estimate of drug-likeness (QED) is 0.247. The molecule has 0 unspecified atom stereocenters. The lowest BCUT2D eigenvalue weighted by Gasteiger charge is -2.05. The molecule has 0 fully saturated rings. The van der Waals surface area contributed by atoms with E-state index in [9.17, 15) is 9.59 Å². The van der Waals surface area contributed by atoms with Crippen LogP contribution in [0.3, 0.4) is 0 Å². The maximum absolute atomic E-state index is 10.8. The Morgan fingerprint density at radius 1 is 0.556 bits per heavy atom. The standard InChI is InChI=1S/2C13H12N4O/c2*14-13(18)17-16-12(10-6-2-1-3-7-10)11-8-4-5-9-15-11/h2*1-9H,(H3,14,17,18)/b2*16-12-.